The largest absolute Gasteiger partial charge is 0.497 e. The van der Waals surface area contributed by atoms with Crippen LogP contribution in [-0.4, -0.2) is 44.1 Å². The van der Waals surface area contributed by atoms with E-state index in [9.17, 15) is 4.79 Å². The number of nitrogen functional groups attached to an aromatic ring is 1. The van der Waals surface area contributed by atoms with E-state index in [-0.39, 0.29) is 5.91 Å². The zero-order chi connectivity index (χ0) is 14.5. The number of carbonyl (C=O) groups is 1. The molecule has 3 N–H and O–H groups in total. The van der Waals surface area contributed by atoms with Crippen LogP contribution in [0.4, 0.5) is 5.69 Å². The van der Waals surface area contributed by atoms with Gasteiger partial charge in [0.15, 0.2) is 0 Å². The number of methoxy groups -OCH3 is 1. The molecule has 1 unspecified atom stereocenters. The van der Waals surface area contributed by atoms with E-state index in [4.69, 9.17) is 10.5 Å². The molecule has 0 radical (unpaired) electrons. The second-order valence-corrected chi connectivity index (χ2v) is 5.21. The summed E-state index contributed by atoms with van der Waals surface area (Å²) >= 11 is 0. The van der Waals surface area contributed by atoms with Gasteiger partial charge in [0.1, 0.15) is 5.75 Å². The molecule has 1 aromatic rings. The molecule has 2 rings (SSSR count). The van der Waals surface area contributed by atoms with Gasteiger partial charge >= 0.3 is 0 Å². The molecule has 0 aliphatic carbocycles. The Kier molecular flexibility index (Phi) is 4.84. The standard InChI is InChI=1S/C15H23N3O2/c1-3-18-7-6-11(10-18)9-17-15(19)13-8-12(20-2)4-5-14(13)16/h4-5,8,11H,3,6-7,9-10,16H2,1-2H3,(H,17,19). The second kappa shape index (κ2) is 6.61. The number of nitrogens with zero attached hydrogens (tertiary/aromatic N) is 1. The van der Waals surface area contributed by atoms with E-state index in [1.807, 2.05) is 0 Å². The Labute approximate surface area is 120 Å². The van der Waals surface area contributed by atoms with Gasteiger partial charge in [0.05, 0.1) is 12.7 Å². The minimum atomic E-state index is -0.128. The minimum absolute atomic E-state index is 0.128. The zero-order valence-electron chi connectivity index (χ0n) is 12.2. The first-order valence-corrected chi connectivity index (χ1v) is 7.08. The molecule has 0 spiro atoms. The maximum atomic E-state index is 12.2. The number of ether oxygens (including phenoxy) is 1. The molecule has 20 heavy (non-hydrogen) atoms. The van der Waals surface area contributed by atoms with Gasteiger partial charge in [0.25, 0.3) is 5.91 Å². The number of nitrogens with one attached hydrogen (secondary N) is 1. The number of hydrogen-bond acceptors (Lipinski definition) is 4. The van der Waals surface area contributed by atoms with Gasteiger partial charge in [-0.3, -0.25) is 4.79 Å². The highest BCUT2D eigenvalue weighted by molar-refractivity contribution is 5.99. The van der Waals surface area contributed by atoms with Crippen LogP contribution in [0.3, 0.4) is 0 Å². The Bertz CT molecular complexity index is 476. The minimum Gasteiger partial charge on any atom is -0.497 e. The molecule has 0 saturated carbocycles. The first-order valence-electron chi connectivity index (χ1n) is 7.08. The fourth-order valence-corrected chi connectivity index (χ4v) is 2.56. The van der Waals surface area contributed by atoms with Gasteiger partial charge in [-0.2, -0.15) is 0 Å². The van der Waals surface area contributed by atoms with Crippen molar-refractivity contribution >= 4 is 11.6 Å². The summed E-state index contributed by atoms with van der Waals surface area (Å²) in [4.78, 5) is 14.6. The predicted molar refractivity (Wildman–Crippen MR) is 80.0 cm³/mol. The predicted octanol–water partition coefficient (Wildman–Crippen LogP) is 1.35. The fourth-order valence-electron chi connectivity index (χ4n) is 2.56. The van der Waals surface area contributed by atoms with Crippen LogP contribution in [0, 0.1) is 5.92 Å². The van der Waals surface area contributed by atoms with Crippen molar-refractivity contribution in [2.75, 3.05) is 39.0 Å². The molecule has 1 fully saturated rings. The third kappa shape index (κ3) is 3.42. The van der Waals surface area contributed by atoms with Crippen molar-refractivity contribution in [1.82, 2.24) is 10.2 Å². The average molecular weight is 277 g/mol. The second-order valence-electron chi connectivity index (χ2n) is 5.21. The average Bonchev–Trinajstić information content (AvgIpc) is 2.93. The van der Waals surface area contributed by atoms with Gasteiger partial charge in [-0.15, -0.1) is 0 Å². The molecule has 1 aliphatic rings. The number of benzene rings is 1. The number of amides is 1. The topological polar surface area (TPSA) is 67.6 Å². The normalized spacial score (nSPS) is 19.0. The zero-order valence-corrected chi connectivity index (χ0v) is 12.2. The van der Waals surface area contributed by atoms with Crippen molar-refractivity contribution < 1.29 is 9.53 Å². The molecule has 1 aliphatic heterocycles. The van der Waals surface area contributed by atoms with Crippen LogP contribution in [0.5, 0.6) is 5.75 Å². The van der Waals surface area contributed by atoms with Gasteiger partial charge in [0.2, 0.25) is 0 Å². The van der Waals surface area contributed by atoms with Crippen molar-refractivity contribution in [3.05, 3.63) is 23.8 Å². The molecular weight excluding hydrogens is 254 g/mol. The molecular formula is C15H23N3O2. The van der Waals surface area contributed by atoms with Crippen LogP contribution in [0.25, 0.3) is 0 Å². The quantitative estimate of drug-likeness (QED) is 0.797. The highest BCUT2D eigenvalue weighted by Crippen LogP contribution is 2.20. The number of nitrogens with two attached hydrogens (primary N) is 1. The molecule has 5 heteroatoms. The summed E-state index contributed by atoms with van der Waals surface area (Å²) in [5, 5.41) is 2.98. The van der Waals surface area contributed by atoms with E-state index in [1.54, 1.807) is 25.3 Å². The molecule has 0 bridgehead atoms. The molecule has 5 nitrogen and oxygen atoms in total. The van der Waals surface area contributed by atoms with Crippen molar-refractivity contribution in [1.29, 1.82) is 0 Å². The lowest BCUT2D eigenvalue weighted by molar-refractivity contribution is 0.0948. The van der Waals surface area contributed by atoms with Gasteiger partial charge in [0, 0.05) is 18.8 Å². The number of anilines is 1. The Morgan fingerprint density at radius 1 is 1.55 bits per heavy atom. The number of hydrogen-bond donors (Lipinski definition) is 2. The maximum absolute atomic E-state index is 12.2. The molecule has 110 valence electrons. The van der Waals surface area contributed by atoms with Crippen LogP contribution >= 0.6 is 0 Å². The van der Waals surface area contributed by atoms with Gasteiger partial charge < -0.3 is 20.7 Å². The van der Waals surface area contributed by atoms with E-state index >= 15 is 0 Å². The van der Waals surface area contributed by atoms with Crippen molar-refractivity contribution in [2.45, 2.75) is 13.3 Å². The number of likely N-dealkylation sites (tertiary alicyclic amines) is 1. The highest BCUT2D eigenvalue weighted by Gasteiger charge is 2.22. The first-order chi connectivity index (χ1) is 9.63. The summed E-state index contributed by atoms with van der Waals surface area (Å²) < 4.78 is 5.12. The summed E-state index contributed by atoms with van der Waals surface area (Å²) in [7, 11) is 1.57. The number of carbonyl (C=O) groups excluding carboxylic acids is 1. The molecule has 1 amide bonds. The van der Waals surface area contributed by atoms with Crippen LogP contribution in [0.2, 0.25) is 0 Å². The van der Waals surface area contributed by atoms with Crippen LogP contribution < -0.4 is 15.8 Å². The Morgan fingerprint density at radius 2 is 2.35 bits per heavy atom. The van der Waals surface area contributed by atoms with E-state index in [0.717, 1.165) is 26.1 Å². The summed E-state index contributed by atoms with van der Waals surface area (Å²) in [6.07, 6.45) is 1.14. The molecule has 1 atom stereocenters. The lowest BCUT2D eigenvalue weighted by Gasteiger charge is -2.14. The Balaban J connectivity index is 1.92. The van der Waals surface area contributed by atoms with E-state index in [0.29, 0.717) is 29.5 Å². The van der Waals surface area contributed by atoms with Crippen molar-refractivity contribution in [2.24, 2.45) is 5.92 Å². The Hall–Kier alpha value is -1.75. The van der Waals surface area contributed by atoms with Crippen molar-refractivity contribution in [3.63, 3.8) is 0 Å². The first kappa shape index (κ1) is 14.7. The molecule has 1 aromatic carbocycles. The Morgan fingerprint density at radius 3 is 3.00 bits per heavy atom. The van der Waals surface area contributed by atoms with E-state index in [1.165, 1.54) is 0 Å². The highest BCUT2D eigenvalue weighted by atomic mass is 16.5. The van der Waals surface area contributed by atoms with Crippen LogP contribution in [-0.2, 0) is 0 Å². The van der Waals surface area contributed by atoms with Gasteiger partial charge in [-0.25, -0.2) is 0 Å². The maximum Gasteiger partial charge on any atom is 0.253 e. The smallest absolute Gasteiger partial charge is 0.253 e. The van der Waals surface area contributed by atoms with E-state index in [2.05, 4.69) is 17.1 Å². The third-order valence-electron chi connectivity index (χ3n) is 3.87. The summed E-state index contributed by atoms with van der Waals surface area (Å²) in [6, 6.07) is 5.13. The fraction of sp³-hybridized carbons (Fsp3) is 0.533. The third-order valence-corrected chi connectivity index (χ3v) is 3.87. The van der Waals surface area contributed by atoms with Gasteiger partial charge in [-0.1, -0.05) is 6.92 Å². The summed E-state index contributed by atoms with van der Waals surface area (Å²) in [5.74, 6) is 1.05. The molecule has 0 aromatic heterocycles. The van der Waals surface area contributed by atoms with Crippen molar-refractivity contribution in [3.8, 4) is 5.75 Å². The number of rotatable bonds is 5. The van der Waals surface area contributed by atoms with Crippen LogP contribution in [0.1, 0.15) is 23.7 Å². The monoisotopic (exact) mass is 277 g/mol. The summed E-state index contributed by atoms with van der Waals surface area (Å²) in [5.41, 5.74) is 6.81. The molecule has 1 heterocycles. The van der Waals surface area contributed by atoms with Crippen LogP contribution in [0.15, 0.2) is 18.2 Å². The summed E-state index contributed by atoms with van der Waals surface area (Å²) in [6.45, 7) is 6.12. The molecule has 1 saturated heterocycles. The lowest BCUT2D eigenvalue weighted by atomic mass is 10.1. The lowest BCUT2D eigenvalue weighted by Crippen LogP contribution is -2.31. The SMILES string of the molecule is CCN1CCC(CNC(=O)c2cc(OC)ccc2N)C1. The van der Waals surface area contributed by atoms with Gasteiger partial charge in [-0.05, 0) is 43.6 Å². The van der Waals surface area contributed by atoms with E-state index < -0.39 is 0 Å².